The lowest BCUT2D eigenvalue weighted by Crippen LogP contribution is -2.38. The Morgan fingerprint density at radius 2 is 1.91 bits per heavy atom. The van der Waals surface area contributed by atoms with E-state index in [0.717, 1.165) is 61.0 Å². The van der Waals surface area contributed by atoms with E-state index in [4.69, 9.17) is 19.7 Å². The molecule has 1 aromatic heterocycles. The molecule has 0 radical (unpaired) electrons. The van der Waals surface area contributed by atoms with E-state index in [2.05, 4.69) is 29.4 Å². The summed E-state index contributed by atoms with van der Waals surface area (Å²) >= 11 is 0. The second kappa shape index (κ2) is 10.1. The number of urea groups is 1. The fourth-order valence-electron chi connectivity index (χ4n) is 4.07. The van der Waals surface area contributed by atoms with Gasteiger partial charge in [-0.25, -0.2) is 14.8 Å². The number of carbonyl (C=O) groups is 1. The number of benzene rings is 1. The van der Waals surface area contributed by atoms with Crippen molar-refractivity contribution in [2.24, 2.45) is 10.9 Å². The molecule has 2 aliphatic heterocycles. The van der Waals surface area contributed by atoms with E-state index in [1.165, 1.54) is 5.56 Å². The smallest absolute Gasteiger partial charge is 0.319 e. The van der Waals surface area contributed by atoms with Crippen LogP contribution in [-0.4, -0.2) is 61.1 Å². The molecule has 2 aromatic rings. The third-order valence-electron chi connectivity index (χ3n) is 5.57. The van der Waals surface area contributed by atoms with Gasteiger partial charge >= 0.3 is 6.03 Å². The first-order valence-corrected chi connectivity index (χ1v) is 11.5. The van der Waals surface area contributed by atoms with Gasteiger partial charge < -0.3 is 20.3 Å². The van der Waals surface area contributed by atoms with Crippen molar-refractivity contribution in [2.45, 2.75) is 33.6 Å². The Morgan fingerprint density at radius 3 is 2.59 bits per heavy atom. The molecule has 1 fully saturated rings. The van der Waals surface area contributed by atoms with Gasteiger partial charge in [0, 0.05) is 43.0 Å². The van der Waals surface area contributed by atoms with Gasteiger partial charge in [-0.15, -0.1) is 0 Å². The zero-order valence-electron chi connectivity index (χ0n) is 19.1. The van der Waals surface area contributed by atoms with Crippen LogP contribution in [0.4, 0.5) is 16.3 Å². The van der Waals surface area contributed by atoms with Crippen LogP contribution in [0.1, 0.15) is 38.4 Å². The molecule has 0 aliphatic carbocycles. The van der Waals surface area contributed by atoms with Crippen molar-refractivity contribution in [3.05, 3.63) is 35.5 Å². The molecule has 32 heavy (non-hydrogen) atoms. The number of anilines is 2. The second-order valence-electron chi connectivity index (χ2n) is 8.54. The summed E-state index contributed by atoms with van der Waals surface area (Å²) in [6, 6.07) is 7.45. The Morgan fingerprint density at radius 1 is 1.16 bits per heavy atom. The molecule has 2 amide bonds. The van der Waals surface area contributed by atoms with Crippen LogP contribution in [-0.2, 0) is 11.2 Å². The molecule has 3 heterocycles. The molecule has 0 unspecified atom stereocenters. The first-order valence-electron chi connectivity index (χ1n) is 11.5. The van der Waals surface area contributed by atoms with E-state index >= 15 is 0 Å². The molecule has 0 bridgehead atoms. The molecule has 0 atom stereocenters. The lowest BCUT2D eigenvalue weighted by molar-refractivity contribution is 0.122. The molecule has 8 heteroatoms. The number of aromatic nitrogens is 2. The highest BCUT2D eigenvalue weighted by molar-refractivity contribution is 6.02. The zero-order valence-corrected chi connectivity index (χ0v) is 19.1. The minimum absolute atomic E-state index is 0.213. The third kappa shape index (κ3) is 5.07. The fourth-order valence-corrected chi connectivity index (χ4v) is 4.07. The summed E-state index contributed by atoms with van der Waals surface area (Å²) in [5, 5.41) is 5.57. The molecule has 1 saturated heterocycles. The molecule has 2 N–H and O–H groups in total. The number of hydrogen-bond donors (Lipinski definition) is 2. The van der Waals surface area contributed by atoms with E-state index in [1.807, 2.05) is 31.2 Å². The predicted molar refractivity (Wildman–Crippen MR) is 128 cm³/mol. The summed E-state index contributed by atoms with van der Waals surface area (Å²) in [6.07, 6.45) is 1.76. The summed E-state index contributed by atoms with van der Waals surface area (Å²) in [6.45, 7) is 10.8. The molecule has 2 aliphatic rings. The third-order valence-corrected chi connectivity index (χ3v) is 5.57. The molecular formula is C24H32N6O2. The number of rotatable bonds is 6. The summed E-state index contributed by atoms with van der Waals surface area (Å²) in [4.78, 5) is 28.9. The largest absolute Gasteiger partial charge is 0.378 e. The molecule has 8 nitrogen and oxygen atoms in total. The Kier molecular flexibility index (Phi) is 6.99. The van der Waals surface area contributed by atoms with E-state index in [1.54, 1.807) is 0 Å². The van der Waals surface area contributed by atoms with Gasteiger partial charge in [-0.1, -0.05) is 13.8 Å². The molecule has 0 spiro atoms. The van der Waals surface area contributed by atoms with Crippen molar-refractivity contribution >= 4 is 23.2 Å². The lowest BCUT2D eigenvalue weighted by atomic mass is 9.96. The molecule has 170 valence electrons. The quantitative estimate of drug-likeness (QED) is 0.723. The maximum Gasteiger partial charge on any atom is 0.319 e. The van der Waals surface area contributed by atoms with Crippen molar-refractivity contribution in [1.82, 2.24) is 15.3 Å². The maximum atomic E-state index is 11.8. The topological polar surface area (TPSA) is 91.7 Å². The summed E-state index contributed by atoms with van der Waals surface area (Å²) < 4.78 is 5.57. The van der Waals surface area contributed by atoms with Gasteiger partial charge in [-0.2, -0.15) is 0 Å². The number of ether oxygens (including phenoxy) is 1. The van der Waals surface area contributed by atoms with Gasteiger partial charge in [0.1, 0.15) is 5.82 Å². The zero-order chi connectivity index (χ0) is 22.5. The minimum Gasteiger partial charge on any atom is -0.378 e. The number of carbonyl (C=O) groups excluding carboxylic acids is 1. The van der Waals surface area contributed by atoms with Crippen molar-refractivity contribution in [3.8, 4) is 11.4 Å². The minimum atomic E-state index is -0.213. The van der Waals surface area contributed by atoms with Crippen LogP contribution in [0.3, 0.4) is 0 Å². The summed E-state index contributed by atoms with van der Waals surface area (Å²) in [5.74, 6) is 2.20. The van der Waals surface area contributed by atoms with Gasteiger partial charge in [0.15, 0.2) is 5.82 Å². The predicted octanol–water partition coefficient (Wildman–Crippen LogP) is 3.51. The first kappa shape index (κ1) is 22.2. The van der Waals surface area contributed by atoms with E-state index in [-0.39, 0.29) is 6.03 Å². The van der Waals surface area contributed by atoms with Crippen LogP contribution >= 0.6 is 0 Å². The number of fused-ring (bicyclic) bond motifs is 1. The number of amides is 2. The number of aliphatic imine (C=N–C) groups is 1. The maximum absolute atomic E-state index is 11.8. The van der Waals surface area contributed by atoms with Crippen LogP contribution < -0.4 is 15.5 Å². The average Bonchev–Trinajstić information content (AvgIpc) is 2.79. The number of nitrogens with zero attached hydrogens (tertiary/aromatic N) is 4. The van der Waals surface area contributed by atoms with E-state index in [9.17, 15) is 4.79 Å². The highest BCUT2D eigenvalue weighted by Crippen LogP contribution is 2.30. The normalized spacial score (nSPS) is 15.9. The Labute approximate surface area is 189 Å². The first-order chi connectivity index (χ1) is 15.5. The number of hydrogen-bond acceptors (Lipinski definition) is 6. The van der Waals surface area contributed by atoms with Gasteiger partial charge in [0.05, 0.1) is 24.6 Å². The Bertz CT molecular complexity index is 981. The molecule has 0 saturated carbocycles. The highest BCUT2D eigenvalue weighted by atomic mass is 16.5. The van der Waals surface area contributed by atoms with Crippen LogP contribution in [0.25, 0.3) is 11.4 Å². The number of nitrogens with one attached hydrogen (secondary N) is 2. The van der Waals surface area contributed by atoms with Crippen molar-refractivity contribution in [2.75, 3.05) is 49.6 Å². The van der Waals surface area contributed by atoms with Crippen molar-refractivity contribution < 1.29 is 9.53 Å². The van der Waals surface area contributed by atoms with Gasteiger partial charge in [-0.05, 0) is 49.9 Å². The molecule has 1 aromatic carbocycles. The van der Waals surface area contributed by atoms with E-state index in [0.29, 0.717) is 31.5 Å². The summed E-state index contributed by atoms with van der Waals surface area (Å²) in [7, 11) is 0. The van der Waals surface area contributed by atoms with Gasteiger partial charge in [0.2, 0.25) is 0 Å². The SMILES string of the molecule is CCNC(=O)Nc1ccc(-c2nc3c(c(N4CCOCC4)n2)CCN=C3CC(C)C)cc1. The standard InChI is InChI=1S/C24H32N6O2/c1-4-25-24(31)27-18-7-5-17(6-8-18)22-28-21-19(9-10-26-20(21)15-16(2)3)23(29-22)30-11-13-32-14-12-30/h5-8,16H,4,9-15H2,1-3H3,(H2,25,27,31). The average molecular weight is 437 g/mol. The van der Waals surface area contributed by atoms with Gasteiger partial charge in [0.25, 0.3) is 0 Å². The van der Waals surface area contributed by atoms with Crippen LogP contribution in [0, 0.1) is 5.92 Å². The fraction of sp³-hybridized carbons (Fsp3) is 0.500. The van der Waals surface area contributed by atoms with Crippen molar-refractivity contribution in [3.63, 3.8) is 0 Å². The second-order valence-corrected chi connectivity index (χ2v) is 8.54. The Hall–Kier alpha value is -3.00. The van der Waals surface area contributed by atoms with Crippen molar-refractivity contribution in [1.29, 1.82) is 0 Å². The van der Waals surface area contributed by atoms with Crippen LogP contribution in [0.2, 0.25) is 0 Å². The Balaban J connectivity index is 1.71. The van der Waals surface area contributed by atoms with E-state index < -0.39 is 0 Å². The molecular weight excluding hydrogens is 404 g/mol. The lowest BCUT2D eigenvalue weighted by Gasteiger charge is -2.31. The summed E-state index contributed by atoms with van der Waals surface area (Å²) in [5.41, 5.74) is 4.91. The number of morpholine rings is 1. The van der Waals surface area contributed by atoms with Crippen LogP contribution in [0.15, 0.2) is 29.3 Å². The molecule has 4 rings (SSSR count). The van der Waals surface area contributed by atoms with Gasteiger partial charge in [-0.3, -0.25) is 4.99 Å². The van der Waals surface area contributed by atoms with Crippen LogP contribution in [0.5, 0.6) is 0 Å². The monoisotopic (exact) mass is 436 g/mol. The highest BCUT2D eigenvalue weighted by Gasteiger charge is 2.26.